The first-order valence-electron chi connectivity index (χ1n) is 11.4. The Morgan fingerprint density at radius 1 is 0.969 bits per heavy atom. The van der Waals surface area contributed by atoms with Crippen LogP contribution in [0.4, 0.5) is 5.69 Å². The Kier molecular flexibility index (Phi) is 6.65. The summed E-state index contributed by atoms with van der Waals surface area (Å²) in [6.45, 7) is 2.97. The maximum atomic E-state index is 12.9. The summed E-state index contributed by atoms with van der Waals surface area (Å²) in [7, 11) is -3.38. The topological polar surface area (TPSA) is 83.6 Å². The highest BCUT2D eigenvalue weighted by atomic mass is 32.2. The maximum absolute atomic E-state index is 12.9. The first kappa shape index (κ1) is 22.5. The van der Waals surface area contributed by atoms with Crippen LogP contribution in [0, 0.1) is 12.8 Å². The molecule has 0 bridgehead atoms. The van der Waals surface area contributed by atoms with Gasteiger partial charge in [0.2, 0.25) is 5.91 Å². The normalized spacial score (nSPS) is 19.7. The third-order valence-electron chi connectivity index (χ3n) is 6.55. The highest BCUT2D eigenvalue weighted by Crippen LogP contribution is 2.30. The van der Waals surface area contributed by atoms with Crippen LogP contribution < -0.4 is 5.32 Å². The van der Waals surface area contributed by atoms with E-state index in [4.69, 9.17) is 0 Å². The molecule has 1 aliphatic carbocycles. The van der Waals surface area contributed by atoms with E-state index >= 15 is 0 Å². The van der Waals surface area contributed by atoms with E-state index < -0.39 is 9.84 Å². The molecule has 4 rings (SSSR count). The average Bonchev–Trinajstić information content (AvgIpc) is 3.35. The molecule has 1 unspecified atom stereocenters. The lowest BCUT2D eigenvalue weighted by Gasteiger charge is -2.32. The maximum Gasteiger partial charge on any atom is 0.253 e. The molecule has 7 heteroatoms. The van der Waals surface area contributed by atoms with Crippen LogP contribution in [-0.4, -0.2) is 43.5 Å². The Morgan fingerprint density at radius 2 is 1.69 bits per heavy atom. The molecule has 32 heavy (non-hydrogen) atoms. The van der Waals surface area contributed by atoms with E-state index in [1.165, 1.54) is 0 Å². The molecule has 2 aromatic carbocycles. The third-order valence-corrected chi connectivity index (χ3v) is 8.81. The number of rotatable bonds is 5. The van der Waals surface area contributed by atoms with Gasteiger partial charge in [-0.3, -0.25) is 9.59 Å². The van der Waals surface area contributed by atoms with Gasteiger partial charge in [0.1, 0.15) is 0 Å². The van der Waals surface area contributed by atoms with Crippen LogP contribution >= 0.6 is 0 Å². The standard InChI is InChI=1S/C25H30N2O4S/c1-18-11-13-19(14-12-18)25(29)27-15-5-6-20(17-27)24(28)26-21-7-4-10-23(16-21)32(30,31)22-8-2-3-9-22/h4,7,10-14,16,20,22H,2-3,5-6,8-9,15,17H2,1H3,(H,26,28). The number of nitrogens with zero attached hydrogens (tertiary/aromatic N) is 1. The van der Waals surface area contributed by atoms with Crippen LogP contribution in [0.5, 0.6) is 0 Å². The Balaban J connectivity index is 1.42. The lowest BCUT2D eigenvalue weighted by molar-refractivity contribution is -0.121. The quantitative estimate of drug-likeness (QED) is 0.734. The van der Waals surface area contributed by atoms with Crippen molar-refractivity contribution in [1.82, 2.24) is 4.90 Å². The molecule has 170 valence electrons. The molecule has 2 fully saturated rings. The summed E-state index contributed by atoms with van der Waals surface area (Å²) in [5.74, 6) is -0.567. The van der Waals surface area contributed by atoms with Gasteiger partial charge in [-0.1, -0.05) is 36.6 Å². The summed E-state index contributed by atoms with van der Waals surface area (Å²) >= 11 is 0. The number of nitrogens with one attached hydrogen (secondary N) is 1. The van der Waals surface area contributed by atoms with E-state index in [9.17, 15) is 18.0 Å². The number of amides is 2. The number of piperidine rings is 1. The lowest BCUT2D eigenvalue weighted by Crippen LogP contribution is -2.43. The lowest BCUT2D eigenvalue weighted by atomic mass is 9.96. The molecule has 0 aromatic heterocycles. The zero-order chi connectivity index (χ0) is 22.7. The van der Waals surface area contributed by atoms with E-state index in [0.717, 1.165) is 24.8 Å². The molecule has 1 saturated carbocycles. The summed E-state index contributed by atoms with van der Waals surface area (Å²) in [4.78, 5) is 27.8. The predicted octanol–water partition coefficient (Wildman–Crippen LogP) is 4.20. The molecule has 2 amide bonds. The fourth-order valence-corrected chi connectivity index (χ4v) is 6.54. The second kappa shape index (κ2) is 9.45. The minimum atomic E-state index is -3.38. The Morgan fingerprint density at radius 3 is 2.41 bits per heavy atom. The number of benzene rings is 2. The molecule has 2 aliphatic rings. The van der Waals surface area contributed by atoms with E-state index in [-0.39, 0.29) is 27.9 Å². The van der Waals surface area contributed by atoms with Crippen LogP contribution in [0.3, 0.4) is 0 Å². The van der Waals surface area contributed by atoms with Crippen molar-refractivity contribution in [3.05, 3.63) is 59.7 Å². The molecular formula is C25H30N2O4S. The van der Waals surface area contributed by atoms with Crippen LogP contribution in [0.2, 0.25) is 0 Å². The zero-order valence-electron chi connectivity index (χ0n) is 18.4. The van der Waals surface area contributed by atoms with Gasteiger partial charge >= 0.3 is 0 Å². The molecule has 1 aliphatic heterocycles. The smallest absolute Gasteiger partial charge is 0.253 e. The first-order valence-corrected chi connectivity index (χ1v) is 12.9. The third kappa shape index (κ3) is 4.88. The molecule has 0 spiro atoms. The number of hydrogen-bond donors (Lipinski definition) is 1. The van der Waals surface area contributed by atoms with Gasteiger partial charge in [-0.05, 0) is 62.9 Å². The molecule has 1 heterocycles. The van der Waals surface area contributed by atoms with Crippen LogP contribution in [0.1, 0.15) is 54.4 Å². The van der Waals surface area contributed by atoms with Crippen molar-refractivity contribution < 1.29 is 18.0 Å². The fourth-order valence-electron chi connectivity index (χ4n) is 4.64. The van der Waals surface area contributed by atoms with Crippen LogP contribution in [-0.2, 0) is 14.6 Å². The Bertz CT molecular complexity index is 1090. The van der Waals surface area contributed by atoms with E-state index in [1.807, 2.05) is 31.2 Å². The number of hydrogen-bond acceptors (Lipinski definition) is 4. The average molecular weight is 455 g/mol. The second-order valence-electron chi connectivity index (χ2n) is 8.92. The highest BCUT2D eigenvalue weighted by molar-refractivity contribution is 7.92. The summed E-state index contributed by atoms with van der Waals surface area (Å²) in [6.07, 6.45) is 4.74. The van der Waals surface area contributed by atoms with Gasteiger partial charge in [0.25, 0.3) is 5.91 Å². The molecule has 1 N–H and O–H groups in total. The van der Waals surface area contributed by atoms with Crippen molar-refractivity contribution in [1.29, 1.82) is 0 Å². The summed E-state index contributed by atoms with van der Waals surface area (Å²) < 4.78 is 25.8. The molecule has 1 atom stereocenters. The molecule has 6 nitrogen and oxygen atoms in total. The van der Waals surface area contributed by atoms with Gasteiger partial charge in [-0.25, -0.2) is 8.42 Å². The van der Waals surface area contributed by atoms with Gasteiger partial charge in [0.15, 0.2) is 9.84 Å². The van der Waals surface area contributed by atoms with Gasteiger partial charge in [-0.2, -0.15) is 0 Å². The van der Waals surface area contributed by atoms with Gasteiger partial charge in [0, 0.05) is 24.3 Å². The Labute approximate surface area is 189 Å². The number of carbonyl (C=O) groups excluding carboxylic acids is 2. The van der Waals surface area contributed by atoms with Gasteiger partial charge in [0.05, 0.1) is 16.1 Å². The molecule has 2 aromatic rings. The van der Waals surface area contributed by atoms with Gasteiger partial charge < -0.3 is 10.2 Å². The minimum absolute atomic E-state index is 0.0628. The predicted molar refractivity (Wildman–Crippen MR) is 124 cm³/mol. The van der Waals surface area contributed by atoms with Crippen molar-refractivity contribution >= 4 is 27.3 Å². The summed E-state index contributed by atoms with van der Waals surface area (Å²) in [5.41, 5.74) is 2.20. The number of anilines is 1. The summed E-state index contributed by atoms with van der Waals surface area (Å²) in [5, 5.41) is 2.55. The Hall–Kier alpha value is -2.67. The number of likely N-dealkylation sites (tertiary alicyclic amines) is 1. The van der Waals surface area contributed by atoms with Crippen molar-refractivity contribution in [2.75, 3.05) is 18.4 Å². The SMILES string of the molecule is Cc1ccc(C(=O)N2CCCC(C(=O)Nc3cccc(S(=O)(=O)C4CCCC4)c3)C2)cc1. The van der Waals surface area contributed by atoms with Crippen LogP contribution in [0.25, 0.3) is 0 Å². The molecule has 0 radical (unpaired) electrons. The van der Waals surface area contributed by atoms with Crippen molar-refractivity contribution in [3.63, 3.8) is 0 Å². The minimum Gasteiger partial charge on any atom is -0.338 e. The second-order valence-corrected chi connectivity index (χ2v) is 11.2. The number of aryl methyl sites for hydroxylation is 1. The number of sulfone groups is 1. The van der Waals surface area contributed by atoms with Gasteiger partial charge in [-0.15, -0.1) is 0 Å². The fraction of sp³-hybridized carbons (Fsp3) is 0.440. The molecule has 1 saturated heterocycles. The highest BCUT2D eigenvalue weighted by Gasteiger charge is 2.31. The molecular weight excluding hydrogens is 424 g/mol. The van der Waals surface area contributed by atoms with E-state index in [2.05, 4.69) is 5.32 Å². The number of carbonyl (C=O) groups is 2. The zero-order valence-corrected chi connectivity index (χ0v) is 19.2. The van der Waals surface area contributed by atoms with Crippen molar-refractivity contribution in [3.8, 4) is 0 Å². The monoisotopic (exact) mass is 454 g/mol. The van der Waals surface area contributed by atoms with E-state index in [1.54, 1.807) is 29.2 Å². The summed E-state index contributed by atoms with van der Waals surface area (Å²) in [6, 6.07) is 14.0. The van der Waals surface area contributed by atoms with E-state index in [0.29, 0.717) is 43.6 Å². The van der Waals surface area contributed by atoms with Crippen molar-refractivity contribution in [2.24, 2.45) is 5.92 Å². The first-order chi connectivity index (χ1) is 15.3. The van der Waals surface area contributed by atoms with Crippen LogP contribution in [0.15, 0.2) is 53.4 Å². The van der Waals surface area contributed by atoms with Crippen molar-refractivity contribution in [2.45, 2.75) is 55.6 Å². The largest absolute Gasteiger partial charge is 0.338 e.